The number of carbonyl (C=O) groups excluding carboxylic acids is 1. The van der Waals surface area contributed by atoms with Crippen LogP contribution in [0.2, 0.25) is 0 Å². The summed E-state index contributed by atoms with van der Waals surface area (Å²) in [5.41, 5.74) is 2.97. The van der Waals surface area contributed by atoms with Crippen LogP contribution in [0.25, 0.3) is 10.8 Å². The number of phenols is 1. The van der Waals surface area contributed by atoms with E-state index in [9.17, 15) is 9.90 Å². The smallest absolute Gasteiger partial charge is 0.284 e. The van der Waals surface area contributed by atoms with Crippen LogP contribution in [0.15, 0.2) is 65.8 Å². The minimum Gasteiger partial charge on any atom is -0.507 e. The van der Waals surface area contributed by atoms with E-state index in [2.05, 4.69) is 10.5 Å². The van der Waals surface area contributed by atoms with Gasteiger partial charge in [0, 0.05) is 5.56 Å². The lowest BCUT2D eigenvalue weighted by molar-refractivity contribution is -0.130. The second-order valence-corrected chi connectivity index (χ2v) is 5.82. The number of hydrogen-bond acceptors (Lipinski definition) is 5. The van der Waals surface area contributed by atoms with E-state index in [-0.39, 0.29) is 12.4 Å². The molecule has 6 nitrogen and oxygen atoms in total. The number of carbonyl (C=O) groups is 1. The Bertz CT molecular complexity index is 1000. The number of amides is 1. The van der Waals surface area contributed by atoms with Crippen LogP contribution in [0, 0.1) is 0 Å². The Morgan fingerprint density at radius 2 is 1.85 bits per heavy atom. The summed E-state index contributed by atoms with van der Waals surface area (Å²) in [6.07, 6.45) is 0.635. The number of aromatic hydroxyl groups is 1. The first-order valence-corrected chi connectivity index (χ1v) is 8.14. The van der Waals surface area contributed by atoms with E-state index < -0.39 is 12.0 Å². The summed E-state index contributed by atoms with van der Waals surface area (Å²) < 4.78 is 11.2. The van der Waals surface area contributed by atoms with Gasteiger partial charge in [-0.15, -0.1) is 0 Å². The van der Waals surface area contributed by atoms with Gasteiger partial charge in [0.15, 0.2) is 11.5 Å². The number of ether oxygens (including phenoxy) is 2. The number of hydrogen-bond donors (Lipinski definition) is 2. The monoisotopic (exact) mass is 348 g/mol. The topological polar surface area (TPSA) is 80.2 Å². The van der Waals surface area contributed by atoms with Crippen molar-refractivity contribution in [2.24, 2.45) is 5.10 Å². The van der Waals surface area contributed by atoms with E-state index in [0.717, 1.165) is 10.8 Å². The van der Waals surface area contributed by atoms with Gasteiger partial charge in [-0.1, -0.05) is 42.5 Å². The first-order valence-electron chi connectivity index (χ1n) is 8.14. The van der Waals surface area contributed by atoms with Crippen LogP contribution in [0.5, 0.6) is 17.2 Å². The normalized spacial score (nSPS) is 15.9. The minimum absolute atomic E-state index is 0.0906. The van der Waals surface area contributed by atoms with Gasteiger partial charge in [-0.3, -0.25) is 4.79 Å². The van der Waals surface area contributed by atoms with E-state index in [1.54, 1.807) is 18.2 Å². The lowest BCUT2D eigenvalue weighted by Crippen LogP contribution is -2.42. The number of rotatable bonds is 3. The van der Waals surface area contributed by atoms with Crippen molar-refractivity contribution in [2.45, 2.75) is 6.10 Å². The first kappa shape index (κ1) is 16.0. The molecule has 0 aromatic heterocycles. The van der Waals surface area contributed by atoms with Crippen molar-refractivity contribution >= 4 is 22.9 Å². The maximum Gasteiger partial charge on any atom is 0.284 e. The Morgan fingerprint density at radius 1 is 1.08 bits per heavy atom. The Hall–Kier alpha value is -3.54. The molecule has 1 aliphatic rings. The van der Waals surface area contributed by atoms with Crippen molar-refractivity contribution in [3.8, 4) is 17.2 Å². The largest absolute Gasteiger partial charge is 0.507 e. The fraction of sp³-hybridized carbons (Fsp3) is 0.100. The van der Waals surface area contributed by atoms with Crippen LogP contribution in [-0.4, -0.2) is 29.9 Å². The van der Waals surface area contributed by atoms with Gasteiger partial charge in [0.05, 0.1) is 6.21 Å². The van der Waals surface area contributed by atoms with Crippen LogP contribution in [-0.2, 0) is 4.79 Å². The molecule has 0 fully saturated rings. The Balaban J connectivity index is 1.48. The van der Waals surface area contributed by atoms with Gasteiger partial charge in [0.2, 0.25) is 6.10 Å². The number of hydrazone groups is 1. The minimum atomic E-state index is -0.789. The van der Waals surface area contributed by atoms with Gasteiger partial charge in [-0.2, -0.15) is 5.10 Å². The molecule has 3 aromatic rings. The van der Waals surface area contributed by atoms with Crippen molar-refractivity contribution in [1.29, 1.82) is 0 Å². The van der Waals surface area contributed by atoms with Crippen molar-refractivity contribution in [3.63, 3.8) is 0 Å². The van der Waals surface area contributed by atoms with Crippen LogP contribution >= 0.6 is 0 Å². The standard InChI is InChI=1S/C20H16N2O4/c23-16-10-9-13-5-1-2-6-14(13)15(16)11-21-22-20(24)19-12-25-17-7-3-4-8-18(17)26-19/h1-11,19,23H,12H2,(H,22,24)/b21-11-/t19-/m0/s1. The number of para-hydroxylation sites is 2. The molecule has 0 bridgehead atoms. The van der Waals surface area contributed by atoms with Crippen LogP contribution < -0.4 is 14.9 Å². The fourth-order valence-electron chi connectivity index (χ4n) is 2.80. The SMILES string of the molecule is O=C(N/N=C\c1c(O)ccc2ccccc12)[C@@H]1COc2ccccc2O1. The Kier molecular flexibility index (Phi) is 4.15. The van der Waals surface area contributed by atoms with E-state index >= 15 is 0 Å². The molecule has 0 saturated heterocycles. The lowest BCUT2D eigenvalue weighted by Gasteiger charge is -2.24. The van der Waals surface area contributed by atoms with E-state index in [4.69, 9.17) is 9.47 Å². The molecule has 0 spiro atoms. The van der Waals surface area contributed by atoms with Crippen LogP contribution in [0.4, 0.5) is 0 Å². The van der Waals surface area contributed by atoms with E-state index in [0.29, 0.717) is 17.1 Å². The van der Waals surface area contributed by atoms with Crippen molar-refractivity contribution in [3.05, 3.63) is 66.2 Å². The lowest BCUT2D eigenvalue weighted by atomic mass is 10.0. The molecule has 130 valence electrons. The first-order chi connectivity index (χ1) is 12.7. The van der Waals surface area contributed by atoms with Crippen molar-refractivity contribution < 1.29 is 19.4 Å². The molecule has 0 aliphatic carbocycles. The van der Waals surface area contributed by atoms with Gasteiger partial charge < -0.3 is 14.6 Å². The summed E-state index contributed by atoms with van der Waals surface area (Å²) in [6.45, 7) is 0.109. The average Bonchev–Trinajstić information content (AvgIpc) is 2.69. The second-order valence-electron chi connectivity index (χ2n) is 5.82. The highest BCUT2D eigenvalue weighted by Crippen LogP contribution is 2.31. The van der Waals surface area contributed by atoms with Crippen molar-refractivity contribution in [2.75, 3.05) is 6.61 Å². The maximum absolute atomic E-state index is 12.3. The summed E-state index contributed by atoms with van der Waals surface area (Å²) in [7, 11) is 0. The Morgan fingerprint density at radius 3 is 2.73 bits per heavy atom. The molecule has 4 rings (SSSR count). The predicted molar refractivity (Wildman–Crippen MR) is 97.7 cm³/mol. The molecule has 6 heteroatoms. The Labute approximate surface area is 149 Å². The molecular formula is C20H16N2O4. The fourth-order valence-corrected chi connectivity index (χ4v) is 2.80. The van der Waals surface area contributed by atoms with Crippen molar-refractivity contribution in [1.82, 2.24) is 5.43 Å². The molecule has 3 aromatic carbocycles. The molecule has 2 N–H and O–H groups in total. The summed E-state index contributed by atoms with van der Waals surface area (Å²) in [6, 6.07) is 18.2. The van der Waals surface area contributed by atoms with E-state index in [1.165, 1.54) is 6.21 Å². The summed E-state index contributed by atoms with van der Waals surface area (Å²) in [5.74, 6) is 0.804. The number of nitrogens with zero attached hydrogens (tertiary/aromatic N) is 1. The maximum atomic E-state index is 12.3. The third-order valence-electron chi connectivity index (χ3n) is 4.12. The molecular weight excluding hydrogens is 332 g/mol. The van der Waals surface area contributed by atoms with Gasteiger partial charge >= 0.3 is 0 Å². The highest BCUT2D eigenvalue weighted by molar-refractivity contribution is 6.02. The zero-order valence-corrected chi connectivity index (χ0v) is 13.8. The van der Waals surface area contributed by atoms with Crippen LogP contribution in [0.3, 0.4) is 0 Å². The molecule has 1 heterocycles. The molecule has 0 unspecified atom stereocenters. The molecule has 1 amide bonds. The van der Waals surface area contributed by atoms with Gasteiger partial charge in [-0.25, -0.2) is 5.43 Å². The summed E-state index contributed by atoms with van der Waals surface area (Å²) in [5, 5.41) is 15.9. The third-order valence-corrected chi connectivity index (χ3v) is 4.12. The molecule has 1 aliphatic heterocycles. The summed E-state index contributed by atoms with van der Waals surface area (Å²) in [4.78, 5) is 12.3. The zero-order valence-electron chi connectivity index (χ0n) is 13.8. The third kappa shape index (κ3) is 3.04. The average molecular weight is 348 g/mol. The van der Waals surface area contributed by atoms with Gasteiger partial charge in [0.1, 0.15) is 12.4 Å². The molecule has 1 atom stereocenters. The number of benzene rings is 3. The highest BCUT2D eigenvalue weighted by Gasteiger charge is 2.27. The number of nitrogens with one attached hydrogen (secondary N) is 1. The molecule has 26 heavy (non-hydrogen) atoms. The van der Waals surface area contributed by atoms with Gasteiger partial charge in [-0.05, 0) is 29.0 Å². The second kappa shape index (κ2) is 6.76. The highest BCUT2D eigenvalue weighted by atomic mass is 16.6. The molecule has 0 radical (unpaired) electrons. The summed E-state index contributed by atoms with van der Waals surface area (Å²) >= 11 is 0. The molecule has 0 saturated carbocycles. The van der Waals surface area contributed by atoms with Crippen LogP contribution in [0.1, 0.15) is 5.56 Å². The van der Waals surface area contributed by atoms with Gasteiger partial charge in [0.25, 0.3) is 5.91 Å². The predicted octanol–water partition coefficient (Wildman–Crippen LogP) is 2.84. The number of fused-ring (bicyclic) bond motifs is 2. The zero-order chi connectivity index (χ0) is 17.9. The van der Waals surface area contributed by atoms with E-state index in [1.807, 2.05) is 42.5 Å². The number of phenolic OH excluding ortho intramolecular Hbond substituents is 1. The quantitative estimate of drug-likeness (QED) is 0.563.